The topological polar surface area (TPSA) is 47.9 Å². The lowest BCUT2D eigenvalue weighted by Gasteiger charge is -2.12. The van der Waals surface area contributed by atoms with Crippen molar-refractivity contribution in [3.05, 3.63) is 18.2 Å². The van der Waals surface area contributed by atoms with Crippen LogP contribution in [0.3, 0.4) is 0 Å². The minimum absolute atomic E-state index is 0.271. The van der Waals surface area contributed by atoms with Gasteiger partial charge in [0, 0.05) is 18.2 Å². The first-order valence-electron chi connectivity index (χ1n) is 5.23. The zero-order valence-corrected chi connectivity index (χ0v) is 9.90. The summed E-state index contributed by atoms with van der Waals surface area (Å²) in [6.45, 7) is 2.17. The number of rotatable bonds is 6. The van der Waals surface area contributed by atoms with E-state index in [1.54, 1.807) is 32.4 Å². The van der Waals surface area contributed by atoms with Crippen molar-refractivity contribution in [2.24, 2.45) is 0 Å². The van der Waals surface area contributed by atoms with E-state index in [4.69, 9.17) is 14.2 Å². The number of ether oxygens (including phenoxy) is 3. The van der Waals surface area contributed by atoms with Gasteiger partial charge >= 0.3 is 0 Å². The molecule has 1 aromatic rings. The van der Waals surface area contributed by atoms with Gasteiger partial charge in [-0.25, -0.2) is 0 Å². The summed E-state index contributed by atoms with van der Waals surface area (Å²) in [6, 6.07) is 5.28. The highest BCUT2D eigenvalue weighted by Crippen LogP contribution is 2.27. The summed E-state index contributed by atoms with van der Waals surface area (Å²) in [6.07, 6.45) is 0.221. The molecule has 16 heavy (non-hydrogen) atoms. The van der Waals surface area contributed by atoms with Crippen LogP contribution in [0.15, 0.2) is 18.2 Å². The summed E-state index contributed by atoms with van der Waals surface area (Å²) < 4.78 is 15.6. The lowest BCUT2D eigenvalue weighted by Crippen LogP contribution is -2.16. The van der Waals surface area contributed by atoms with Crippen molar-refractivity contribution in [3.63, 3.8) is 0 Å². The van der Waals surface area contributed by atoms with Gasteiger partial charge in [0.15, 0.2) is 0 Å². The minimum atomic E-state index is -0.447. The predicted octanol–water partition coefficient (Wildman–Crippen LogP) is 1.85. The van der Waals surface area contributed by atoms with Gasteiger partial charge in [-0.15, -0.1) is 0 Å². The first-order chi connectivity index (χ1) is 7.69. The van der Waals surface area contributed by atoms with Crippen molar-refractivity contribution in [3.8, 4) is 17.2 Å². The summed E-state index contributed by atoms with van der Waals surface area (Å²) in [5.41, 5.74) is 0. The molecule has 1 aromatic carbocycles. The number of aliphatic hydroxyl groups is 1. The Kier molecular flexibility index (Phi) is 4.92. The van der Waals surface area contributed by atoms with E-state index in [0.717, 1.165) is 0 Å². The molecule has 1 unspecified atom stereocenters. The normalized spacial score (nSPS) is 12.0. The zero-order valence-electron chi connectivity index (χ0n) is 9.90. The fourth-order valence-corrected chi connectivity index (χ4v) is 1.17. The van der Waals surface area contributed by atoms with Crippen molar-refractivity contribution in [2.75, 3.05) is 20.8 Å². The number of aliphatic hydroxyl groups excluding tert-OH is 1. The second-order valence-corrected chi connectivity index (χ2v) is 3.42. The largest absolute Gasteiger partial charge is 0.496 e. The van der Waals surface area contributed by atoms with E-state index >= 15 is 0 Å². The fourth-order valence-electron chi connectivity index (χ4n) is 1.17. The molecule has 1 atom stereocenters. The number of hydrogen-bond acceptors (Lipinski definition) is 4. The van der Waals surface area contributed by atoms with Crippen LogP contribution in [0.25, 0.3) is 0 Å². The Bertz CT molecular complexity index is 303. The van der Waals surface area contributed by atoms with E-state index in [1.165, 1.54) is 0 Å². The van der Waals surface area contributed by atoms with E-state index in [1.807, 2.05) is 6.92 Å². The van der Waals surface area contributed by atoms with Gasteiger partial charge in [0.1, 0.15) is 23.9 Å². The fraction of sp³-hybridized carbons (Fsp3) is 0.500. The molecule has 0 aliphatic carbocycles. The van der Waals surface area contributed by atoms with Crippen LogP contribution in [0.1, 0.15) is 13.3 Å². The molecule has 0 fully saturated rings. The molecule has 0 saturated carbocycles. The van der Waals surface area contributed by atoms with Crippen molar-refractivity contribution in [2.45, 2.75) is 19.4 Å². The summed E-state index contributed by atoms with van der Waals surface area (Å²) >= 11 is 0. The molecule has 0 spiro atoms. The monoisotopic (exact) mass is 226 g/mol. The smallest absolute Gasteiger partial charge is 0.126 e. The van der Waals surface area contributed by atoms with Crippen LogP contribution in [-0.4, -0.2) is 32.0 Å². The highest BCUT2D eigenvalue weighted by atomic mass is 16.5. The highest BCUT2D eigenvalue weighted by molar-refractivity contribution is 5.41. The third kappa shape index (κ3) is 3.62. The Labute approximate surface area is 95.8 Å². The van der Waals surface area contributed by atoms with Crippen LogP contribution >= 0.6 is 0 Å². The summed E-state index contributed by atoms with van der Waals surface area (Å²) in [4.78, 5) is 0. The first-order valence-corrected chi connectivity index (χ1v) is 5.23. The average molecular weight is 226 g/mol. The molecule has 0 radical (unpaired) electrons. The molecular weight excluding hydrogens is 208 g/mol. The molecule has 90 valence electrons. The van der Waals surface area contributed by atoms with Gasteiger partial charge in [0.05, 0.1) is 20.3 Å². The lowest BCUT2D eigenvalue weighted by molar-refractivity contribution is 0.104. The SMILES string of the molecule is CCC(O)COc1cc(OC)cc(OC)c1. The van der Waals surface area contributed by atoms with Crippen molar-refractivity contribution in [1.29, 1.82) is 0 Å². The summed E-state index contributed by atoms with van der Waals surface area (Å²) in [5, 5.41) is 9.38. The maximum Gasteiger partial charge on any atom is 0.126 e. The van der Waals surface area contributed by atoms with Crippen molar-refractivity contribution >= 4 is 0 Å². The van der Waals surface area contributed by atoms with Gasteiger partial charge in [-0.3, -0.25) is 0 Å². The minimum Gasteiger partial charge on any atom is -0.496 e. The second-order valence-electron chi connectivity index (χ2n) is 3.42. The standard InChI is InChI=1S/C12H18O4/c1-4-9(13)8-16-12-6-10(14-2)5-11(7-12)15-3/h5-7,9,13H,4,8H2,1-3H3. The van der Waals surface area contributed by atoms with Gasteiger partial charge in [0.2, 0.25) is 0 Å². The molecule has 0 amide bonds. The van der Waals surface area contributed by atoms with Gasteiger partial charge in [0.25, 0.3) is 0 Å². The third-order valence-corrected chi connectivity index (χ3v) is 2.24. The van der Waals surface area contributed by atoms with E-state index in [2.05, 4.69) is 0 Å². The van der Waals surface area contributed by atoms with Crippen LogP contribution in [0.5, 0.6) is 17.2 Å². The van der Waals surface area contributed by atoms with E-state index in [0.29, 0.717) is 23.7 Å². The van der Waals surface area contributed by atoms with Gasteiger partial charge < -0.3 is 19.3 Å². The highest BCUT2D eigenvalue weighted by Gasteiger charge is 2.05. The van der Waals surface area contributed by atoms with Crippen LogP contribution in [0.2, 0.25) is 0 Å². The molecule has 0 aliphatic rings. The predicted molar refractivity (Wildman–Crippen MR) is 61.3 cm³/mol. The molecule has 0 saturated heterocycles. The molecule has 1 rings (SSSR count). The van der Waals surface area contributed by atoms with Crippen LogP contribution in [0.4, 0.5) is 0 Å². The molecule has 0 aromatic heterocycles. The number of benzene rings is 1. The Hall–Kier alpha value is -1.42. The average Bonchev–Trinajstić information content (AvgIpc) is 2.35. The zero-order chi connectivity index (χ0) is 12.0. The lowest BCUT2D eigenvalue weighted by atomic mass is 10.3. The third-order valence-electron chi connectivity index (χ3n) is 2.24. The second kappa shape index (κ2) is 6.23. The maximum atomic E-state index is 9.38. The van der Waals surface area contributed by atoms with E-state index in [9.17, 15) is 5.11 Å². The molecule has 4 nitrogen and oxygen atoms in total. The maximum absolute atomic E-state index is 9.38. The number of methoxy groups -OCH3 is 2. The quantitative estimate of drug-likeness (QED) is 0.804. The van der Waals surface area contributed by atoms with Gasteiger partial charge in [-0.2, -0.15) is 0 Å². The molecule has 0 aliphatic heterocycles. The molecule has 4 heteroatoms. The van der Waals surface area contributed by atoms with Crippen LogP contribution in [0, 0.1) is 0 Å². The Morgan fingerprint density at radius 1 is 1.06 bits per heavy atom. The Morgan fingerprint density at radius 3 is 2.00 bits per heavy atom. The van der Waals surface area contributed by atoms with Gasteiger partial charge in [-0.1, -0.05) is 6.92 Å². The molecule has 0 heterocycles. The Morgan fingerprint density at radius 2 is 1.56 bits per heavy atom. The molecule has 0 bridgehead atoms. The first kappa shape index (κ1) is 12.6. The van der Waals surface area contributed by atoms with Crippen molar-refractivity contribution < 1.29 is 19.3 Å². The van der Waals surface area contributed by atoms with E-state index < -0.39 is 6.10 Å². The van der Waals surface area contributed by atoms with Crippen LogP contribution in [-0.2, 0) is 0 Å². The molecule has 1 N–H and O–H groups in total. The van der Waals surface area contributed by atoms with E-state index in [-0.39, 0.29) is 6.61 Å². The van der Waals surface area contributed by atoms with Crippen molar-refractivity contribution in [1.82, 2.24) is 0 Å². The summed E-state index contributed by atoms with van der Waals surface area (Å²) in [5.74, 6) is 1.96. The summed E-state index contributed by atoms with van der Waals surface area (Å²) in [7, 11) is 3.17. The van der Waals surface area contributed by atoms with Gasteiger partial charge in [-0.05, 0) is 6.42 Å². The molecular formula is C12H18O4. The van der Waals surface area contributed by atoms with Crippen LogP contribution < -0.4 is 14.2 Å². The Balaban J connectivity index is 2.71. The number of hydrogen-bond donors (Lipinski definition) is 1.